The number of nitrogens with two attached hydrogens (primary N) is 2. The lowest BCUT2D eigenvalue weighted by Gasteiger charge is -2.31. The Kier molecular flexibility index (Phi) is 6.69. The molecule has 8 rings (SSSR count). The Hall–Kier alpha value is -2.71. The van der Waals surface area contributed by atoms with E-state index in [1.54, 1.807) is 10.6 Å². The number of fused-ring (bicyclic) bond motifs is 4. The van der Waals surface area contributed by atoms with E-state index in [9.17, 15) is 24.6 Å². The molecule has 11 atom stereocenters. The third-order valence-corrected chi connectivity index (χ3v) is 11.5. The summed E-state index contributed by atoms with van der Waals surface area (Å²) in [5, 5.41) is 22.7. The van der Waals surface area contributed by atoms with E-state index >= 15 is 0 Å². The predicted molar refractivity (Wildman–Crippen MR) is 155 cm³/mol. The summed E-state index contributed by atoms with van der Waals surface area (Å²) in [6.07, 6.45) is -2.13. The van der Waals surface area contributed by atoms with Crippen LogP contribution in [0.15, 0.2) is 31.2 Å². The monoisotopic (exact) mass is 683 g/mol. The van der Waals surface area contributed by atoms with Crippen LogP contribution in [0.25, 0.3) is 22.3 Å². The van der Waals surface area contributed by atoms with E-state index in [2.05, 4.69) is 24.9 Å². The minimum Gasteiger partial charge on any atom is -0.397 e. The van der Waals surface area contributed by atoms with Gasteiger partial charge in [0.1, 0.15) is 47.9 Å². The van der Waals surface area contributed by atoms with Crippen molar-refractivity contribution in [2.45, 2.75) is 49.2 Å². The second-order valence-electron chi connectivity index (χ2n) is 11.5. The van der Waals surface area contributed by atoms with Crippen LogP contribution in [0.5, 0.6) is 0 Å². The minimum atomic E-state index is -4.92. The Balaban J connectivity index is 1.14. The van der Waals surface area contributed by atoms with Crippen LogP contribution in [0.4, 0.5) is 11.5 Å². The van der Waals surface area contributed by atoms with E-state index in [0.717, 1.165) is 0 Å². The van der Waals surface area contributed by atoms with Crippen LogP contribution in [0, 0.1) is 11.3 Å². The number of aliphatic hydroxyl groups is 2. The standard InChI is InChI=1S/C23H27N9O10P2S/c24-10-1-2-26-20-12(10)29-8-32(20)22-17-15(33)11(40-22)4-38-44(37,45)42-18-16(34)14(9-3-23(9,18)5-39-43(35,36)41-17)31-7-30-13-19(25)27-6-28-21(13)31/h1-2,6-9,11,14-18,22,33-34H,3-5H2,(H2,24,26)(H,35,36)(H,37,45)(H2,25,27,28)/t9-,11-,14-,15-,16+,17-,18+,22-,23-,44?/m1/s1. The first kappa shape index (κ1) is 29.7. The van der Waals surface area contributed by atoms with Crippen LogP contribution in [0.2, 0.25) is 0 Å². The number of anilines is 2. The molecule has 6 heterocycles. The molecule has 2 aliphatic carbocycles. The van der Waals surface area contributed by atoms with E-state index in [1.807, 2.05) is 0 Å². The number of hydrogen-bond donors (Lipinski definition) is 6. The number of hydrogen-bond acceptors (Lipinski definition) is 16. The number of aliphatic hydroxyl groups excluding tert-OH is 2. The van der Waals surface area contributed by atoms with Gasteiger partial charge in [0.05, 0.1) is 37.6 Å². The van der Waals surface area contributed by atoms with Gasteiger partial charge in [-0.05, 0) is 30.2 Å². The first-order valence-corrected chi connectivity index (χ1v) is 17.8. The molecule has 2 aliphatic heterocycles. The van der Waals surface area contributed by atoms with Crippen LogP contribution in [-0.2, 0) is 39.2 Å². The van der Waals surface area contributed by atoms with Gasteiger partial charge in [0, 0.05) is 11.6 Å². The largest absolute Gasteiger partial charge is 0.472 e. The van der Waals surface area contributed by atoms with E-state index in [1.165, 1.54) is 29.7 Å². The summed E-state index contributed by atoms with van der Waals surface area (Å²) in [4.78, 5) is 43.1. The van der Waals surface area contributed by atoms with Crippen molar-refractivity contribution in [2.75, 3.05) is 24.7 Å². The Morgan fingerprint density at radius 1 is 0.978 bits per heavy atom. The summed E-state index contributed by atoms with van der Waals surface area (Å²) in [7, 11) is -4.92. The van der Waals surface area contributed by atoms with Gasteiger partial charge in [0.15, 0.2) is 23.3 Å². The van der Waals surface area contributed by atoms with Crippen molar-refractivity contribution in [3.8, 4) is 0 Å². The lowest BCUT2D eigenvalue weighted by molar-refractivity contribution is -0.0616. The highest BCUT2D eigenvalue weighted by atomic mass is 32.5. The maximum Gasteiger partial charge on any atom is 0.472 e. The topological polar surface area (TPSA) is 270 Å². The summed E-state index contributed by atoms with van der Waals surface area (Å²) in [6, 6.07) is 0.845. The number of nitrogens with zero attached hydrogens (tertiary/aromatic N) is 7. The molecule has 4 aromatic rings. The second kappa shape index (κ2) is 10.1. The van der Waals surface area contributed by atoms with Gasteiger partial charge in [-0.25, -0.2) is 29.5 Å². The fourth-order valence-electron chi connectivity index (χ4n) is 6.82. The van der Waals surface area contributed by atoms with Gasteiger partial charge in [-0.2, -0.15) is 0 Å². The molecule has 0 amide bonds. The van der Waals surface area contributed by atoms with E-state index in [0.29, 0.717) is 28.8 Å². The summed E-state index contributed by atoms with van der Waals surface area (Å²) < 4.78 is 45.1. The highest BCUT2D eigenvalue weighted by molar-refractivity contribution is 8.07. The highest BCUT2D eigenvalue weighted by Gasteiger charge is 2.74. The normalized spacial score (nSPS) is 41.7. The van der Waals surface area contributed by atoms with Crippen molar-refractivity contribution in [3.05, 3.63) is 31.2 Å². The van der Waals surface area contributed by atoms with Crippen molar-refractivity contribution < 1.29 is 47.4 Å². The van der Waals surface area contributed by atoms with Crippen molar-refractivity contribution in [3.63, 3.8) is 0 Å². The molecule has 2 saturated heterocycles. The van der Waals surface area contributed by atoms with Gasteiger partial charge in [-0.3, -0.25) is 13.6 Å². The number of imidazole rings is 2. The molecule has 2 unspecified atom stereocenters. The Morgan fingerprint density at radius 2 is 1.73 bits per heavy atom. The second-order valence-corrected chi connectivity index (χ2v) is 15.7. The fraction of sp³-hybridized carbons (Fsp3) is 0.522. The fourth-order valence-corrected chi connectivity index (χ4v) is 9.30. The lowest BCUT2D eigenvalue weighted by Crippen LogP contribution is -2.38. The van der Waals surface area contributed by atoms with Gasteiger partial charge in [-0.1, -0.05) is 0 Å². The SMILES string of the molecule is Nc1ncnc2c1ncn2[C@H]1[C@H](O)[C@@H]2OP(O)(=S)OC[C@H]3O[C@@H](n4cnc5c(N)ccnc54)[C@H](OP(=O)(O)OC[C@@]24C[C@H]14)[C@@H]3O. The van der Waals surface area contributed by atoms with E-state index < -0.39 is 81.9 Å². The van der Waals surface area contributed by atoms with Crippen LogP contribution in [-0.4, -0.2) is 97.8 Å². The maximum atomic E-state index is 13.4. The van der Waals surface area contributed by atoms with E-state index in [4.69, 9.17) is 46.1 Å². The molecule has 22 heteroatoms. The molecule has 4 aromatic heterocycles. The zero-order valence-electron chi connectivity index (χ0n) is 23.0. The third-order valence-electron chi connectivity index (χ3n) is 9.00. The Labute approximate surface area is 257 Å². The smallest absolute Gasteiger partial charge is 0.397 e. The predicted octanol–water partition coefficient (Wildman–Crippen LogP) is -0.250. The number of phosphoric ester groups is 1. The lowest BCUT2D eigenvalue weighted by atomic mass is 10.0. The number of pyridine rings is 1. The number of ether oxygens (including phenoxy) is 1. The van der Waals surface area contributed by atoms with Crippen molar-refractivity contribution in [1.82, 2.24) is 34.1 Å². The highest BCUT2D eigenvalue weighted by Crippen LogP contribution is 2.72. The molecule has 2 saturated carbocycles. The maximum absolute atomic E-state index is 13.4. The van der Waals surface area contributed by atoms with Crippen molar-refractivity contribution in [1.29, 1.82) is 0 Å². The average molecular weight is 684 g/mol. The van der Waals surface area contributed by atoms with Crippen LogP contribution in [0.1, 0.15) is 18.7 Å². The van der Waals surface area contributed by atoms with Gasteiger partial charge >= 0.3 is 14.5 Å². The zero-order chi connectivity index (χ0) is 31.5. The first-order valence-electron chi connectivity index (χ1n) is 13.7. The van der Waals surface area contributed by atoms with Gasteiger partial charge in [-0.15, -0.1) is 0 Å². The number of aromatic nitrogens is 7. The molecule has 4 fully saturated rings. The van der Waals surface area contributed by atoms with Crippen LogP contribution >= 0.6 is 14.5 Å². The average Bonchev–Trinajstić information content (AvgIpc) is 3.28. The molecule has 0 aromatic carbocycles. The molecule has 19 nitrogen and oxygen atoms in total. The molecule has 240 valence electrons. The molecule has 2 bridgehead atoms. The number of phosphoric acid groups is 1. The first-order chi connectivity index (χ1) is 21.4. The van der Waals surface area contributed by atoms with Crippen LogP contribution in [0.3, 0.4) is 0 Å². The molecular formula is C23H27N9O10P2S. The third kappa shape index (κ3) is 4.63. The van der Waals surface area contributed by atoms with Gasteiger partial charge in [0.25, 0.3) is 0 Å². The summed E-state index contributed by atoms with van der Waals surface area (Å²) in [6.45, 7) is -5.04. The Bertz CT molecular complexity index is 1930. The quantitative estimate of drug-likeness (QED) is 0.149. The molecule has 1 spiro atoms. The molecule has 8 N–H and O–H groups in total. The number of nitrogen functional groups attached to an aromatic ring is 2. The summed E-state index contributed by atoms with van der Waals surface area (Å²) >= 11 is 5.32. The van der Waals surface area contributed by atoms with E-state index in [-0.39, 0.29) is 11.5 Å². The molecule has 0 radical (unpaired) electrons. The zero-order valence-corrected chi connectivity index (χ0v) is 25.6. The van der Waals surface area contributed by atoms with Gasteiger partial charge < -0.3 is 49.8 Å². The Morgan fingerprint density at radius 3 is 2.56 bits per heavy atom. The molecule has 45 heavy (non-hydrogen) atoms. The molecule has 4 aliphatic rings. The molecular weight excluding hydrogens is 656 g/mol. The summed E-state index contributed by atoms with van der Waals surface area (Å²) in [5.41, 5.74) is 12.5. The van der Waals surface area contributed by atoms with Crippen molar-refractivity contribution >= 4 is 60.2 Å². The number of rotatable bonds is 2. The van der Waals surface area contributed by atoms with Crippen LogP contribution < -0.4 is 11.5 Å². The van der Waals surface area contributed by atoms with Gasteiger partial charge in [0.2, 0.25) is 0 Å². The minimum absolute atomic E-state index is 0.150. The summed E-state index contributed by atoms with van der Waals surface area (Å²) in [5.74, 6) is -0.241. The van der Waals surface area contributed by atoms with Crippen molar-refractivity contribution in [2.24, 2.45) is 11.3 Å².